The lowest BCUT2D eigenvalue weighted by Gasteiger charge is -2.54. The molecule has 1 saturated carbocycles. The maximum atomic E-state index is 13.2. The Labute approximate surface area is 155 Å². The van der Waals surface area contributed by atoms with E-state index in [1.54, 1.807) is 0 Å². The third kappa shape index (κ3) is 2.86. The maximum Gasteiger partial charge on any atom is 0.255 e. The summed E-state index contributed by atoms with van der Waals surface area (Å²) in [6, 6.07) is 3.98. The molecular weight excluding hydrogens is 330 g/mol. The van der Waals surface area contributed by atoms with Gasteiger partial charge in [-0.15, -0.1) is 0 Å². The van der Waals surface area contributed by atoms with Gasteiger partial charge in [0, 0.05) is 42.6 Å². The van der Waals surface area contributed by atoms with Gasteiger partial charge >= 0.3 is 0 Å². The molecule has 0 bridgehead atoms. The molecular formula is C20H29N3O3. The van der Waals surface area contributed by atoms with Gasteiger partial charge in [0.2, 0.25) is 0 Å². The van der Waals surface area contributed by atoms with Gasteiger partial charge in [-0.2, -0.15) is 0 Å². The number of carbonyl (C=O) groups excluding carboxylic acids is 1. The van der Waals surface area contributed by atoms with E-state index < -0.39 is 0 Å². The van der Waals surface area contributed by atoms with Crippen molar-refractivity contribution in [2.75, 3.05) is 13.7 Å². The van der Waals surface area contributed by atoms with Gasteiger partial charge in [0.1, 0.15) is 5.76 Å². The molecule has 0 aliphatic heterocycles. The summed E-state index contributed by atoms with van der Waals surface area (Å²) in [5, 5.41) is 4.09. The van der Waals surface area contributed by atoms with Crippen molar-refractivity contribution in [1.29, 1.82) is 0 Å². The molecule has 0 spiro atoms. The van der Waals surface area contributed by atoms with Gasteiger partial charge in [0.05, 0.1) is 11.7 Å². The first-order chi connectivity index (χ1) is 12.2. The molecule has 26 heavy (non-hydrogen) atoms. The Morgan fingerprint density at radius 3 is 2.62 bits per heavy atom. The van der Waals surface area contributed by atoms with Gasteiger partial charge in [0.15, 0.2) is 5.82 Å². The third-order valence-corrected chi connectivity index (χ3v) is 5.79. The van der Waals surface area contributed by atoms with Crippen LogP contribution >= 0.6 is 0 Å². The molecule has 2 heterocycles. The standard InChI is InChI=1S/C20H29N3O3/c1-8-25-17-11-16(20(17,5)6)22(7)19(24)15-9-12(2)23(14(15)4)18-10-13(3)26-21-18/h9-10,16-17H,8,11H2,1-7H3/t16-,17+/m1/s1. The number of rotatable bonds is 5. The lowest BCUT2D eigenvalue weighted by Crippen LogP contribution is -2.62. The van der Waals surface area contributed by atoms with Crippen molar-refractivity contribution in [3.63, 3.8) is 0 Å². The summed E-state index contributed by atoms with van der Waals surface area (Å²) in [5.74, 6) is 1.49. The molecule has 142 valence electrons. The van der Waals surface area contributed by atoms with Gasteiger partial charge in [-0.1, -0.05) is 19.0 Å². The molecule has 1 aliphatic rings. The quantitative estimate of drug-likeness (QED) is 0.817. The van der Waals surface area contributed by atoms with Crippen LogP contribution in [0.3, 0.4) is 0 Å². The van der Waals surface area contributed by atoms with Crippen molar-refractivity contribution in [3.8, 4) is 5.82 Å². The van der Waals surface area contributed by atoms with Gasteiger partial charge in [-0.25, -0.2) is 0 Å². The molecule has 3 rings (SSSR count). The molecule has 1 amide bonds. The molecule has 6 nitrogen and oxygen atoms in total. The summed E-state index contributed by atoms with van der Waals surface area (Å²) in [7, 11) is 1.89. The van der Waals surface area contributed by atoms with Crippen molar-refractivity contribution >= 4 is 5.91 Å². The van der Waals surface area contributed by atoms with Crippen LogP contribution in [0, 0.1) is 26.2 Å². The summed E-state index contributed by atoms with van der Waals surface area (Å²) < 4.78 is 13.0. The minimum Gasteiger partial charge on any atom is -0.378 e. The van der Waals surface area contributed by atoms with E-state index in [0.29, 0.717) is 18.0 Å². The number of amides is 1. The van der Waals surface area contributed by atoms with Crippen molar-refractivity contribution in [1.82, 2.24) is 14.6 Å². The first-order valence-corrected chi connectivity index (χ1v) is 9.19. The number of carbonyl (C=O) groups is 1. The zero-order chi connectivity index (χ0) is 19.2. The highest BCUT2D eigenvalue weighted by molar-refractivity contribution is 5.96. The van der Waals surface area contributed by atoms with Crippen molar-refractivity contribution in [2.24, 2.45) is 5.41 Å². The average Bonchev–Trinajstić information content (AvgIpc) is 3.12. The molecule has 1 fully saturated rings. The molecule has 0 aromatic carbocycles. The predicted octanol–water partition coefficient (Wildman–Crippen LogP) is 3.67. The third-order valence-electron chi connectivity index (χ3n) is 5.79. The minimum absolute atomic E-state index is 0.0394. The predicted molar refractivity (Wildman–Crippen MR) is 99.7 cm³/mol. The Morgan fingerprint density at radius 2 is 2.08 bits per heavy atom. The van der Waals surface area contributed by atoms with E-state index in [9.17, 15) is 4.79 Å². The Morgan fingerprint density at radius 1 is 1.38 bits per heavy atom. The largest absolute Gasteiger partial charge is 0.378 e. The smallest absolute Gasteiger partial charge is 0.255 e. The summed E-state index contributed by atoms with van der Waals surface area (Å²) in [5.41, 5.74) is 2.51. The van der Waals surface area contributed by atoms with Crippen LogP contribution in [0.4, 0.5) is 0 Å². The van der Waals surface area contributed by atoms with Crippen LogP contribution in [0.2, 0.25) is 0 Å². The Bertz CT molecular complexity index is 818. The maximum absolute atomic E-state index is 13.2. The summed E-state index contributed by atoms with van der Waals surface area (Å²) in [6.45, 7) is 12.9. The van der Waals surface area contributed by atoms with Crippen LogP contribution in [0.5, 0.6) is 0 Å². The fourth-order valence-electron chi connectivity index (χ4n) is 4.13. The van der Waals surface area contributed by atoms with Gasteiger partial charge < -0.3 is 14.2 Å². The Balaban J connectivity index is 1.85. The number of hydrogen-bond donors (Lipinski definition) is 0. The van der Waals surface area contributed by atoms with Crippen LogP contribution < -0.4 is 0 Å². The summed E-state index contributed by atoms with van der Waals surface area (Å²) in [4.78, 5) is 15.1. The second-order valence-corrected chi connectivity index (χ2v) is 7.85. The normalized spacial score (nSPS) is 21.5. The fourth-order valence-corrected chi connectivity index (χ4v) is 4.13. The zero-order valence-corrected chi connectivity index (χ0v) is 16.8. The SMILES string of the molecule is CCO[C@H]1C[C@@H](N(C)C(=O)c2cc(C)n(-c3cc(C)on3)c2C)C1(C)C. The lowest BCUT2D eigenvalue weighted by atomic mass is 9.63. The minimum atomic E-state index is -0.0465. The van der Waals surface area contributed by atoms with Crippen LogP contribution in [0.1, 0.15) is 54.7 Å². The molecule has 0 unspecified atom stereocenters. The monoisotopic (exact) mass is 359 g/mol. The van der Waals surface area contributed by atoms with E-state index >= 15 is 0 Å². The molecule has 2 aromatic rings. The summed E-state index contributed by atoms with van der Waals surface area (Å²) in [6.07, 6.45) is 1.09. The number of ether oxygens (including phenoxy) is 1. The van der Waals surface area contributed by atoms with Crippen molar-refractivity contribution in [2.45, 2.75) is 60.1 Å². The topological polar surface area (TPSA) is 60.5 Å². The number of aryl methyl sites for hydroxylation is 2. The van der Waals surface area contributed by atoms with E-state index in [1.165, 1.54) is 0 Å². The summed E-state index contributed by atoms with van der Waals surface area (Å²) >= 11 is 0. The first kappa shape index (κ1) is 18.7. The molecule has 2 atom stereocenters. The molecule has 0 N–H and O–H groups in total. The molecule has 6 heteroatoms. The van der Waals surface area contributed by atoms with Crippen LogP contribution in [-0.2, 0) is 4.74 Å². The molecule has 0 saturated heterocycles. The lowest BCUT2D eigenvalue weighted by molar-refractivity contribution is -0.136. The van der Waals surface area contributed by atoms with Crippen LogP contribution in [0.25, 0.3) is 5.82 Å². The van der Waals surface area contributed by atoms with Gasteiger partial charge in [-0.05, 0) is 40.2 Å². The van der Waals surface area contributed by atoms with Crippen LogP contribution in [-0.4, -0.2) is 46.3 Å². The highest BCUT2D eigenvalue weighted by Crippen LogP contribution is 2.45. The highest BCUT2D eigenvalue weighted by Gasteiger charge is 2.52. The highest BCUT2D eigenvalue weighted by atomic mass is 16.5. The van der Waals surface area contributed by atoms with Gasteiger partial charge in [-0.3, -0.25) is 9.36 Å². The fraction of sp³-hybridized carbons (Fsp3) is 0.600. The Hall–Kier alpha value is -2.08. The van der Waals surface area contributed by atoms with E-state index in [4.69, 9.17) is 9.26 Å². The van der Waals surface area contributed by atoms with E-state index in [1.807, 2.05) is 56.3 Å². The zero-order valence-electron chi connectivity index (χ0n) is 16.8. The van der Waals surface area contributed by atoms with Crippen molar-refractivity contribution in [3.05, 3.63) is 34.8 Å². The number of nitrogens with zero attached hydrogens (tertiary/aromatic N) is 3. The van der Waals surface area contributed by atoms with E-state index in [-0.39, 0.29) is 23.5 Å². The number of aromatic nitrogens is 2. The molecule has 1 aliphatic carbocycles. The second-order valence-electron chi connectivity index (χ2n) is 7.85. The van der Waals surface area contributed by atoms with Crippen LogP contribution in [0.15, 0.2) is 16.7 Å². The van der Waals surface area contributed by atoms with E-state index in [2.05, 4.69) is 19.0 Å². The van der Waals surface area contributed by atoms with Gasteiger partial charge in [0.25, 0.3) is 5.91 Å². The average molecular weight is 359 g/mol. The van der Waals surface area contributed by atoms with Crippen molar-refractivity contribution < 1.29 is 14.1 Å². The Kier molecular flexibility index (Phi) is 4.73. The molecule has 2 aromatic heterocycles. The second kappa shape index (κ2) is 6.58. The molecule has 0 radical (unpaired) electrons. The number of hydrogen-bond acceptors (Lipinski definition) is 4. The van der Waals surface area contributed by atoms with E-state index in [0.717, 1.165) is 23.6 Å². The first-order valence-electron chi connectivity index (χ1n) is 9.19.